The third-order valence-corrected chi connectivity index (χ3v) is 7.61. The first-order valence-corrected chi connectivity index (χ1v) is 14.1. The molecule has 0 unspecified atom stereocenters. The number of benzene rings is 2. The van der Waals surface area contributed by atoms with E-state index in [2.05, 4.69) is 44.3 Å². The molecule has 0 bridgehead atoms. The summed E-state index contributed by atoms with van der Waals surface area (Å²) >= 11 is 6.69. The van der Waals surface area contributed by atoms with E-state index in [0.717, 1.165) is 53.4 Å². The van der Waals surface area contributed by atoms with Crippen molar-refractivity contribution in [3.8, 4) is 23.3 Å². The van der Waals surface area contributed by atoms with E-state index >= 15 is 0 Å². The highest BCUT2D eigenvalue weighted by Gasteiger charge is 2.14. The quantitative estimate of drug-likeness (QED) is 0.252. The smallest absolute Gasteiger partial charge is 0.230 e. The lowest BCUT2D eigenvalue weighted by atomic mass is 10.1. The van der Waals surface area contributed by atoms with Gasteiger partial charge in [0.2, 0.25) is 5.91 Å². The molecule has 40 heavy (non-hydrogen) atoms. The molecule has 0 saturated carbocycles. The second-order valence-electron chi connectivity index (χ2n) is 9.43. The van der Waals surface area contributed by atoms with Crippen LogP contribution in [0.1, 0.15) is 10.4 Å². The van der Waals surface area contributed by atoms with Gasteiger partial charge in [-0.2, -0.15) is 0 Å². The number of rotatable bonds is 6. The van der Waals surface area contributed by atoms with Crippen LogP contribution in [0.25, 0.3) is 10.2 Å². The summed E-state index contributed by atoms with van der Waals surface area (Å²) in [5, 5.41) is 5.55. The highest BCUT2D eigenvalue weighted by molar-refractivity contribution is 7.80. The number of amides is 1. The molecule has 5 rings (SSSR count). The highest BCUT2D eigenvalue weighted by Crippen LogP contribution is 2.35. The van der Waals surface area contributed by atoms with E-state index in [1.807, 2.05) is 36.4 Å². The van der Waals surface area contributed by atoms with Gasteiger partial charge in [0.15, 0.2) is 16.7 Å². The fourth-order valence-corrected chi connectivity index (χ4v) is 5.37. The Hall–Kier alpha value is -3.88. The molecule has 1 aliphatic heterocycles. The summed E-state index contributed by atoms with van der Waals surface area (Å²) in [6, 6.07) is 17.4. The topological polar surface area (TPSA) is 69.7 Å². The lowest BCUT2D eigenvalue weighted by Crippen LogP contribution is -2.44. The number of anilines is 1. The van der Waals surface area contributed by atoms with Gasteiger partial charge in [-0.1, -0.05) is 42.2 Å². The number of carbonyl (C=O) groups is 1. The van der Waals surface area contributed by atoms with Gasteiger partial charge in [0, 0.05) is 50.2 Å². The van der Waals surface area contributed by atoms with Gasteiger partial charge in [0.05, 0.1) is 28.1 Å². The number of piperazine rings is 1. The minimum atomic E-state index is -0.572. The molecule has 0 aliphatic carbocycles. The Morgan fingerprint density at radius 3 is 2.67 bits per heavy atom. The normalized spacial score (nSPS) is 13.8. The first-order valence-electron chi connectivity index (χ1n) is 12.8. The fourth-order valence-electron chi connectivity index (χ4n) is 4.20. The number of thiophene rings is 1. The van der Waals surface area contributed by atoms with Crippen molar-refractivity contribution in [2.75, 3.05) is 45.1 Å². The number of nitrogens with zero attached hydrogens (tertiary/aromatic N) is 3. The number of aromatic nitrogens is 1. The minimum Gasteiger partial charge on any atom is -0.453 e. The molecule has 2 aromatic heterocycles. The van der Waals surface area contributed by atoms with E-state index < -0.39 is 5.82 Å². The van der Waals surface area contributed by atoms with Crippen LogP contribution in [0.2, 0.25) is 0 Å². The average Bonchev–Trinajstić information content (AvgIpc) is 3.36. The van der Waals surface area contributed by atoms with Crippen LogP contribution in [0.3, 0.4) is 0 Å². The lowest BCUT2D eigenvalue weighted by molar-refractivity contribution is -0.119. The maximum Gasteiger partial charge on any atom is 0.230 e. The largest absolute Gasteiger partial charge is 0.453 e. The van der Waals surface area contributed by atoms with Crippen LogP contribution in [-0.2, 0) is 11.2 Å². The van der Waals surface area contributed by atoms with E-state index in [-0.39, 0.29) is 23.2 Å². The summed E-state index contributed by atoms with van der Waals surface area (Å²) in [5.41, 5.74) is 2.02. The Balaban J connectivity index is 1.20. The van der Waals surface area contributed by atoms with Crippen LogP contribution in [0, 0.1) is 17.7 Å². The summed E-state index contributed by atoms with van der Waals surface area (Å²) in [7, 11) is 2.13. The van der Waals surface area contributed by atoms with Crippen molar-refractivity contribution in [1.29, 1.82) is 0 Å². The number of halogens is 1. The van der Waals surface area contributed by atoms with Crippen LogP contribution < -0.4 is 15.4 Å². The predicted octanol–water partition coefficient (Wildman–Crippen LogP) is 4.88. The molecule has 4 aromatic rings. The molecule has 1 amide bonds. The van der Waals surface area contributed by atoms with Crippen LogP contribution in [0.15, 0.2) is 66.9 Å². The molecule has 1 fully saturated rings. The number of likely N-dealkylation sites (N-methyl/N-ethyl adjacent to an activating group) is 1. The SMILES string of the molecule is CN1CCN(CC#Cc2cc3nccc(Oc4ccc(NC(=S)NC(=O)Cc5ccccc5)cc4F)c3s2)CC1. The zero-order valence-corrected chi connectivity index (χ0v) is 23.6. The number of ether oxygens (including phenoxy) is 1. The zero-order chi connectivity index (χ0) is 27.9. The number of nitrogens with one attached hydrogen (secondary N) is 2. The minimum absolute atomic E-state index is 0.0631. The number of hydrogen-bond donors (Lipinski definition) is 2. The van der Waals surface area contributed by atoms with E-state index in [9.17, 15) is 9.18 Å². The molecule has 0 radical (unpaired) electrons. The van der Waals surface area contributed by atoms with E-state index in [4.69, 9.17) is 17.0 Å². The molecule has 0 atom stereocenters. The van der Waals surface area contributed by atoms with Crippen molar-refractivity contribution in [3.63, 3.8) is 0 Å². The molecule has 3 heterocycles. The van der Waals surface area contributed by atoms with Crippen LogP contribution >= 0.6 is 23.6 Å². The summed E-state index contributed by atoms with van der Waals surface area (Å²) in [4.78, 5) is 22.2. The zero-order valence-electron chi connectivity index (χ0n) is 21.9. The number of fused-ring (bicyclic) bond motifs is 1. The highest BCUT2D eigenvalue weighted by atomic mass is 32.1. The number of pyridine rings is 1. The van der Waals surface area contributed by atoms with Gasteiger partial charge < -0.3 is 20.3 Å². The molecular formula is C30H28FN5O2S2. The van der Waals surface area contributed by atoms with Crippen molar-refractivity contribution in [3.05, 3.63) is 83.1 Å². The van der Waals surface area contributed by atoms with Crippen LogP contribution in [0.5, 0.6) is 11.5 Å². The molecule has 2 aromatic carbocycles. The molecule has 0 spiro atoms. The maximum atomic E-state index is 15.0. The van der Waals surface area contributed by atoms with Crippen LogP contribution in [0.4, 0.5) is 10.1 Å². The molecule has 2 N–H and O–H groups in total. The van der Waals surface area contributed by atoms with Gasteiger partial charge in [-0.05, 0) is 43.0 Å². The summed E-state index contributed by atoms with van der Waals surface area (Å²) in [6.07, 6.45) is 1.83. The molecule has 7 nitrogen and oxygen atoms in total. The van der Waals surface area contributed by atoms with E-state index in [1.54, 1.807) is 18.3 Å². The lowest BCUT2D eigenvalue weighted by Gasteiger charge is -2.30. The number of carbonyl (C=O) groups excluding carboxylic acids is 1. The second-order valence-corrected chi connectivity index (χ2v) is 10.9. The monoisotopic (exact) mass is 573 g/mol. The molecule has 1 saturated heterocycles. The van der Waals surface area contributed by atoms with Crippen molar-refractivity contribution >= 4 is 50.5 Å². The van der Waals surface area contributed by atoms with Gasteiger partial charge in [-0.15, -0.1) is 11.3 Å². The Bertz CT molecular complexity index is 1570. The van der Waals surface area contributed by atoms with Gasteiger partial charge in [0.1, 0.15) is 5.75 Å². The first kappa shape index (κ1) is 27.7. The summed E-state index contributed by atoms with van der Waals surface area (Å²) < 4.78 is 21.7. The second kappa shape index (κ2) is 13.0. The summed E-state index contributed by atoms with van der Waals surface area (Å²) in [6.45, 7) is 4.88. The van der Waals surface area contributed by atoms with Crippen molar-refractivity contribution in [2.45, 2.75) is 6.42 Å². The molecular weight excluding hydrogens is 545 g/mol. The Morgan fingerprint density at radius 1 is 1.10 bits per heavy atom. The Labute approximate surface area is 242 Å². The number of thiocarbonyl (C=S) groups is 1. The number of hydrogen-bond acceptors (Lipinski definition) is 7. The molecule has 1 aliphatic rings. The molecule has 204 valence electrons. The van der Waals surface area contributed by atoms with E-state index in [0.29, 0.717) is 11.4 Å². The average molecular weight is 574 g/mol. The van der Waals surface area contributed by atoms with Gasteiger partial charge in [-0.25, -0.2) is 4.39 Å². The van der Waals surface area contributed by atoms with Gasteiger partial charge in [0.25, 0.3) is 0 Å². The van der Waals surface area contributed by atoms with Gasteiger partial charge in [-0.3, -0.25) is 14.7 Å². The standard InChI is InChI=1S/C30H28FN5O2S2/c1-35-14-16-36(17-15-35)13-5-8-23-20-25-29(40-23)27(11-12-32-25)38-26-10-9-22(19-24(26)31)33-30(39)34-28(37)18-21-6-3-2-4-7-21/h2-4,6-7,9-12,19-20H,13-18H2,1H3,(H2,33,34,37,39). The van der Waals surface area contributed by atoms with Crippen molar-refractivity contribution in [1.82, 2.24) is 20.1 Å². The van der Waals surface area contributed by atoms with Crippen molar-refractivity contribution < 1.29 is 13.9 Å². The van der Waals surface area contributed by atoms with Gasteiger partial charge >= 0.3 is 0 Å². The maximum absolute atomic E-state index is 15.0. The fraction of sp³-hybridized carbons (Fsp3) is 0.233. The predicted molar refractivity (Wildman–Crippen MR) is 161 cm³/mol. The van der Waals surface area contributed by atoms with Crippen LogP contribution in [-0.4, -0.2) is 65.6 Å². The Morgan fingerprint density at radius 2 is 1.90 bits per heavy atom. The van der Waals surface area contributed by atoms with Crippen molar-refractivity contribution in [2.24, 2.45) is 0 Å². The molecule has 10 heteroatoms. The van der Waals surface area contributed by atoms with E-state index in [1.165, 1.54) is 23.5 Å². The first-order chi connectivity index (χ1) is 19.4. The Kier molecular flexibility index (Phi) is 8.98. The summed E-state index contributed by atoms with van der Waals surface area (Å²) in [5.74, 6) is 6.24. The third-order valence-electron chi connectivity index (χ3n) is 6.36. The third kappa shape index (κ3) is 7.40.